The molecule has 1 fully saturated rings. The number of amides is 2. The van der Waals surface area contributed by atoms with Gasteiger partial charge < -0.3 is 15.0 Å². The molecule has 1 heterocycles. The van der Waals surface area contributed by atoms with Crippen LogP contribution >= 0.6 is 0 Å². The molecule has 6 heteroatoms. The lowest BCUT2D eigenvalue weighted by Gasteiger charge is -2.39. The van der Waals surface area contributed by atoms with E-state index in [-0.39, 0.29) is 35.9 Å². The van der Waals surface area contributed by atoms with Gasteiger partial charge in [-0.25, -0.2) is 0 Å². The number of hydrogen-bond donors (Lipinski definition) is 1. The molecular weight excluding hydrogens is 354 g/mol. The smallest absolute Gasteiger partial charge is 0.240 e. The Morgan fingerprint density at radius 1 is 1.07 bits per heavy atom. The fourth-order valence-electron chi connectivity index (χ4n) is 4.01. The number of carbonyl (C=O) groups excluding carboxylic acids is 2. The maximum atomic E-state index is 12.9. The molecule has 1 N–H and O–H groups in total. The molecule has 2 amide bonds. The minimum absolute atomic E-state index is 0.0223. The molecule has 0 saturated carbocycles. The van der Waals surface area contributed by atoms with Gasteiger partial charge >= 0.3 is 0 Å². The number of rotatable bonds is 7. The van der Waals surface area contributed by atoms with Crippen LogP contribution in [-0.2, 0) is 9.59 Å². The van der Waals surface area contributed by atoms with Gasteiger partial charge in [0.25, 0.3) is 0 Å². The molecule has 6 nitrogen and oxygen atoms in total. The first kappa shape index (κ1) is 22.2. The molecule has 28 heavy (non-hydrogen) atoms. The highest BCUT2D eigenvalue weighted by molar-refractivity contribution is 5.94. The maximum Gasteiger partial charge on any atom is 0.240 e. The van der Waals surface area contributed by atoms with E-state index in [2.05, 4.69) is 37.9 Å². The van der Waals surface area contributed by atoms with E-state index >= 15 is 0 Å². The molecule has 0 spiro atoms. The molecule has 1 aliphatic heterocycles. The lowest BCUT2D eigenvalue weighted by molar-refractivity contribution is -0.140. The fraction of sp³-hybridized carbons (Fsp3) is 0.636. The number of carbonyl (C=O) groups is 2. The summed E-state index contributed by atoms with van der Waals surface area (Å²) in [7, 11) is 1.60. The summed E-state index contributed by atoms with van der Waals surface area (Å²) in [5.74, 6) is 0.806. The summed E-state index contributed by atoms with van der Waals surface area (Å²) >= 11 is 0. The lowest BCUT2D eigenvalue weighted by Crippen LogP contribution is -2.53. The Hall–Kier alpha value is -2.08. The van der Waals surface area contributed by atoms with Crippen LogP contribution in [0, 0.1) is 5.92 Å². The first-order valence-corrected chi connectivity index (χ1v) is 10.3. The highest BCUT2D eigenvalue weighted by Crippen LogP contribution is 2.26. The first-order chi connectivity index (χ1) is 13.3. The summed E-state index contributed by atoms with van der Waals surface area (Å²) < 4.78 is 5.30. The van der Waals surface area contributed by atoms with Crippen LogP contribution in [0.1, 0.15) is 47.5 Å². The fourth-order valence-corrected chi connectivity index (χ4v) is 4.01. The Labute approximate surface area is 169 Å². The number of nitrogens with zero attached hydrogens (tertiary/aromatic N) is 2. The second-order valence-corrected chi connectivity index (χ2v) is 8.11. The minimum Gasteiger partial charge on any atom is -0.495 e. The van der Waals surface area contributed by atoms with Gasteiger partial charge in [-0.1, -0.05) is 12.1 Å². The van der Waals surface area contributed by atoms with E-state index in [1.54, 1.807) is 7.11 Å². The van der Waals surface area contributed by atoms with E-state index < -0.39 is 0 Å². The number of likely N-dealkylation sites (tertiary alicyclic amines) is 1. The number of nitrogens with one attached hydrogen (secondary N) is 1. The van der Waals surface area contributed by atoms with Gasteiger partial charge in [0.1, 0.15) is 5.75 Å². The van der Waals surface area contributed by atoms with Gasteiger partial charge in [0, 0.05) is 18.0 Å². The van der Waals surface area contributed by atoms with Crippen molar-refractivity contribution in [1.82, 2.24) is 9.80 Å². The predicted molar refractivity (Wildman–Crippen MR) is 113 cm³/mol. The van der Waals surface area contributed by atoms with Crippen LogP contribution in [0.25, 0.3) is 0 Å². The monoisotopic (exact) mass is 389 g/mol. The van der Waals surface area contributed by atoms with Crippen molar-refractivity contribution in [2.75, 3.05) is 25.5 Å². The van der Waals surface area contributed by atoms with Gasteiger partial charge in [0.2, 0.25) is 11.8 Å². The van der Waals surface area contributed by atoms with Crippen LogP contribution in [-0.4, -0.2) is 59.9 Å². The van der Waals surface area contributed by atoms with E-state index in [0.29, 0.717) is 11.4 Å². The third kappa shape index (κ3) is 5.25. The third-order valence-corrected chi connectivity index (χ3v) is 5.54. The zero-order chi connectivity index (χ0) is 20.8. The maximum absolute atomic E-state index is 12.9. The largest absolute Gasteiger partial charge is 0.495 e. The molecule has 0 aromatic heterocycles. The Kier molecular flexibility index (Phi) is 7.87. The zero-order valence-corrected chi connectivity index (χ0v) is 18.1. The van der Waals surface area contributed by atoms with Crippen LogP contribution in [0.3, 0.4) is 0 Å². The van der Waals surface area contributed by atoms with Crippen molar-refractivity contribution in [3.8, 4) is 5.75 Å². The molecule has 1 aromatic carbocycles. The highest BCUT2D eigenvalue weighted by Gasteiger charge is 2.33. The molecule has 1 aromatic rings. The van der Waals surface area contributed by atoms with E-state index in [0.717, 1.165) is 25.9 Å². The number of hydrogen-bond acceptors (Lipinski definition) is 4. The van der Waals surface area contributed by atoms with Crippen LogP contribution in [0.15, 0.2) is 24.3 Å². The van der Waals surface area contributed by atoms with Crippen molar-refractivity contribution in [2.45, 2.75) is 65.6 Å². The quantitative estimate of drug-likeness (QED) is 0.777. The van der Waals surface area contributed by atoms with Crippen molar-refractivity contribution >= 4 is 17.5 Å². The molecule has 156 valence electrons. The molecule has 2 rings (SSSR count). The highest BCUT2D eigenvalue weighted by atomic mass is 16.5. The summed E-state index contributed by atoms with van der Waals surface area (Å²) in [6.45, 7) is 11.7. The first-order valence-electron chi connectivity index (χ1n) is 10.3. The molecule has 1 unspecified atom stereocenters. The Balaban J connectivity index is 1.93. The Bertz CT molecular complexity index is 659. The molecule has 0 radical (unpaired) electrons. The van der Waals surface area contributed by atoms with Crippen LogP contribution in [0.2, 0.25) is 0 Å². The van der Waals surface area contributed by atoms with Gasteiger partial charge in [0.05, 0.1) is 18.8 Å². The average Bonchev–Trinajstić information content (AvgIpc) is 2.67. The van der Waals surface area contributed by atoms with E-state index in [1.165, 1.54) is 0 Å². The topological polar surface area (TPSA) is 61.9 Å². The van der Waals surface area contributed by atoms with E-state index in [4.69, 9.17) is 4.74 Å². The molecule has 1 atom stereocenters. The number of benzene rings is 1. The van der Waals surface area contributed by atoms with Crippen molar-refractivity contribution in [2.24, 2.45) is 5.92 Å². The summed E-state index contributed by atoms with van der Waals surface area (Å²) in [4.78, 5) is 29.8. The van der Waals surface area contributed by atoms with Crippen molar-refractivity contribution in [3.05, 3.63) is 24.3 Å². The molecule has 1 aliphatic rings. The Morgan fingerprint density at radius 3 is 2.18 bits per heavy atom. The van der Waals surface area contributed by atoms with Crippen molar-refractivity contribution in [1.29, 1.82) is 0 Å². The number of ether oxygens (including phenoxy) is 1. The summed E-state index contributed by atoms with van der Waals surface area (Å²) in [6, 6.07) is 7.63. The standard InChI is InChI=1S/C22H35N3O3/c1-15(2)25(16(3)4)22(27)17(5)24-13-11-18(12-14-24)21(26)23-19-9-7-8-10-20(19)28-6/h7-10,15-18H,11-14H2,1-6H3,(H,23,26). The Morgan fingerprint density at radius 2 is 1.64 bits per heavy atom. The molecule has 0 bridgehead atoms. The van der Waals surface area contributed by atoms with Gasteiger partial charge in [-0.2, -0.15) is 0 Å². The number of anilines is 1. The van der Waals surface area contributed by atoms with Gasteiger partial charge in [-0.3, -0.25) is 14.5 Å². The van der Waals surface area contributed by atoms with Gasteiger partial charge in [0.15, 0.2) is 0 Å². The predicted octanol–water partition coefficient (Wildman–Crippen LogP) is 3.38. The number of piperidine rings is 1. The van der Waals surface area contributed by atoms with E-state index in [1.807, 2.05) is 36.1 Å². The summed E-state index contributed by atoms with van der Waals surface area (Å²) in [6.07, 6.45) is 1.50. The molecule has 1 saturated heterocycles. The normalized spacial score (nSPS) is 16.9. The SMILES string of the molecule is COc1ccccc1NC(=O)C1CCN(C(C)C(=O)N(C(C)C)C(C)C)CC1. The van der Waals surface area contributed by atoms with E-state index in [9.17, 15) is 9.59 Å². The summed E-state index contributed by atoms with van der Waals surface area (Å²) in [5.41, 5.74) is 0.700. The van der Waals surface area contributed by atoms with Crippen molar-refractivity contribution in [3.63, 3.8) is 0 Å². The number of para-hydroxylation sites is 2. The van der Waals surface area contributed by atoms with Crippen molar-refractivity contribution < 1.29 is 14.3 Å². The summed E-state index contributed by atoms with van der Waals surface area (Å²) in [5, 5.41) is 2.99. The van der Waals surface area contributed by atoms with Crippen LogP contribution in [0.5, 0.6) is 5.75 Å². The third-order valence-electron chi connectivity index (χ3n) is 5.54. The zero-order valence-electron chi connectivity index (χ0n) is 18.1. The average molecular weight is 390 g/mol. The minimum atomic E-state index is -0.164. The molecule has 0 aliphatic carbocycles. The number of methoxy groups -OCH3 is 1. The lowest BCUT2D eigenvalue weighted by atomic mass is 9.94. The molecular formula is C22H35N3O3. The second-order valence-electron chi connectivity index (χ2n) is 8.11. The van der Waals surface area contributed by atoms with Crippen LogP contribution < -0.4 is 10.1 Å². The van der Waals surface area contributed by atoms with Gasteiger partial charge in [-0.05, 0) is 72.7 Å². The van der Waals surface area contributed by atoms with Crippen LogP contribution in [0.4, 0.5) is 5.69 Å². The second kappa shape index (κ2) is 9.92. The van der Waals surface area contributed by atoms with Gasteiger partial charge in [-0.15, -0.1) is 0 Å².